The van der Waals surface area contributed by atoms with Crippen LogP contribution < -0.4 is 0 Å². The first-order chi connectivity index (χ1) is 8.51. The molecule has 0 spiro atoms. The number of benzene rings is 1. The molecule has 0 aromatic heterocycles. The second-order valence-electron chi connectivity index (χ2n) is 7.50. The van der Waals surface area contributed by atoms with Crippen molar-refractivity contribution in [2.75, 3.05) is 0 Å². The maximum Gasteiger partial charge on any atom is -0.0132 e. The smallest absolute Gasteiger partial charge is 0.0132 e. The summed E-state index contributed by atoms with van der Waals surface area (Å²) < 4.78 is 0. The molecule has 0 heterocycles. The van der Waals surface area contributed by atoms with E-state index in [0.717, 1.165) is 0 Å². The minimum absolute atomic E-state index is 0.227. The lowest BCUT2D eigenvalue weighted by Gasteiger charge is -2.27. The van der Waals surface area contributed by atoms with E-state index in [1.54, 1.807) is 0 Å². The van der Waals surface area contributed by atoms with Crippen LogP contribution in [0.5, 0.6) is 0 Å². The Bertz CT molecular complexity index is 351. The molecule has 0 aliphatic rings. The summed E-state index contributed by atoms with van der Waals surface area (Å²) in [4.78, 5) is 0. The van der Waals surface area contributed by atoms with Crippen LogP contribution in [-0.4, -0.2) is 0 Å². The Morgan fingerprint density at radius 3 is 1.21 bits per heavy atom. The fraction of sp³-hybridized carbons (Fsp3) is 0.684. The fourth-order valence-corrected chi connectivity index (χ4v) is 1.85. The largest absolute Gasteiger partial charge is 0.0683 e. The van der Waals surface area contributed by atoms with Gasteiger partial charge in [-0.25, -0.2) is 0 Å². The maximum absolute atomic E-state index is 2.38. The Kier molecular flexibility index (Phi) is 6.32. The first kappa shape index (κ1) is 18.2. The summed E-state index contributed by atoms with van der Waals surface area (Å²) in [5, 5.41) is 0. The molecule has 0 fully saturated rings. The summed E-state index contributed by atoms with van der Waals surface area (Å²) in [5.41, 5.74) is 4.82. The van der Waals surface area contributed by atoms with E-state index in [1.807, 2.05) is 13.8 Å². The Morgan fingerprint density at radius 2 is 1.00 bits per heavy atom. The van der Waals surface area contributed by atoms with E-state index in [-0.39, 0.29) is 10.8 Å². The van der Waals surface area contributed by atoms with Gasteiger partial charge in [-0.15, -0.1) is 0 Å². The summed E-state index contributed by atoms with van der Waals surface area (Å²) in [6.45, 7) is 22.3. The molecule has 1 aromatic rings. The van der Waals surface area contributed by atoms with Gasteiger partial charge < -0.3 is 0 Å². The van der Waals surface area contributed by atoms with Gasteiger partial charge in [0.2, 0.25) is 0 Å². The zero-order valence-corrected chi connectivity index (χ0v) is 14.8. The molecule has 0 bridgehead atoms. The van der Waals surface area contributed by atoms with Crippen molar-refractivity contribution in [2.45, 2.75) is 86.0 Å². The van der Waals surface area contributed by atoms with Gasteiger partial charge >= 0.3 is 0 Å². The van der Waals surface area contributed by atoms with Crippen LogP contribution in [0, 0.1) is 0 Å². The fourth-order valence-electron chi connectivity index (χ4n) is 1.85. The Morgan fingerprint density at radius 1 is 0.684 bits per heavy atom. The number of rotatable bonds is 1. The Labute approximate surface area is 121 Å². The van der Waals surface area contributed by atoms with Gasteiger partial charge in [-0.2, -0.15) is 0 Å². The van der Waals surface area contributed by atoms with Crippen molar-refractivity contribution in [1.29, 1.82) is 0 Å². The second kappa shape index (κ2) is 6.59. The first-order valence-electron chi connectivity index (χ1n) is 7.68. The molecule has 0 aliphatic heterocycles. The lowest BCUT2D eigenvalue weighted by molar-refractivity contribution is 0.565. The SMILES string of the molecule is CC.CC(C)c1cc(C(C)(C)C)cc(C(C)(C)C)c1. The van der Waals surface area contributed by atoms with E-state index < -0.39 is 0 Å². The third kappa shape index (κ3) is 5.38. The van der Waals surface area contributed by atoms with Crippen LogP contribution in [0.4, 0.5) is 0 Å². The minimum Gasteiger partial charge on any atom is -0.0683 e. The van der Waals surface area contributed by atoms with Crippen LogP contribution in [0.2, 0.25) is 0 Å². The van der Waals surface area contributed by atoms with Crippen LogP contribution in [0.1, 0.15) is 91.8 Å². The Balaban J connectivity index is 0.00000154. The van der Waals surface area contributed by atoms with Crippen molar-refractivity contribution in [3.05, 3.63) is 34.9 Å². The van der Waals surface area contributed by atoms with E-state index >= 15 is 0 Å². The minimum atomic E-state index is 0.227. The summed E-state index contributed by atoms with van der Waals surface area (Å²) in [6.07, 6.45) is 0. The van der Waals surface area contributed by atoms with Crippen molar-refractivity contribution in [2.24, 2.45) is 0 Å². The normalized spacial score (nSPS) is 12.2. The first-order valence-corrected chi connectivity index (χ1v) is 7.68. The van der Waals surface area contributed by atoms with Gasteiger partial charge in [0.15, 0.2) is 0 Å². The molecule has 0 heteroatoms. The van der Waals surface area contributed by atoms with Crippen molar-refractivity contribution < 1.29 is 0 Å². The highest BCUT2D eigenvalue weighted by Crippen LogP contribution is 2.32. The van der Waals surface area contributed by atoms with Crippen molar-refractivity contribution in [3.8, 4) is 0 Å². The predicted octanol–water partition coefficient (Wildman–Crippen LogP) is 6.43. The van der Waals surface area contributed by atoms with Crippen LogP contribution in [0.3, 0.4) is 0 Å². The zero-order chi connectivity index (χ0) is 15.4. The molecular formula is C19H34. The lowest BCUT2D eigenvalue weighted by Crippen LogP contribution is -2.17. The highest BCUT2D eigenvalue weighted by atomic mass is 14.3. The Hall–Kier alpha value is -0.780. The maximum atomic E-state index is 2.38. The van der Waals surface area contributed by atoms with Gasteiger partial charge in [-0.1, -0.05) is 87.4 Å². The quantitative estimate of drug-likeness (QED) is 0.547. The topological polar surface area (TPSA) is 0 Å². The average molecular weight is 262 g/mol. The molecule has 1 aromatic carbocycles. The molecule has 0 saturated heterocycles. The van der Waals surface area contributed by atoms with Gasteiger partial charge in [0.1, 0.15) is 0 Å². The molecule has 19 heavy (non-hydrogen) atoms. The summed E-state index contributed by atoms with van der Waals surface area (Å²) in [7, 11) is 0. The molecular weight excluding hydrogens is 228 g/mol. The van der Waals surface area contributed by atoms with Crippen LogP contribution >= 0.6 is 0 Å². The molecule has 0 amide bonds. The number of hydrogen-bond donors (Lipinski definition) is 0. The van der Waals surface area contributed by atoms with Crippen molar-refractivity contribution in [1.82, 2.24) is 0 Å². The predicted molar refractivity (Wildman–Crippen MR) is 89.3 cm³/mol. The average Bonchev–Trinajstić information content (AvgIpc) is 2.28. The second-order valence-corrected chi connectivity index (χ2v) is 7.50. The van der Waals surface area contributed by atoms with E-state index in [1.165, 1.54) is 16.7 Å². The zero-order valence-electron chi connectivity index (χ0n) is 14.8. The van der Waals surface area contributed by atoms with E-state index in [4.69, 9.17) is 0 Å². The third-order valence-electron chi connectivity index (χ3n) is 3.35. The van der Waals surface area contributed by atoms with E-state index in [0.29, 0.717) is 5.92 Å². The standard InChI is InChI=1S/C17H28.C2H6/c1-12(2)13-9-14(16(3,4)5)11-15(10-13)17(6,7)8;1-2/h9-12H,1-8H3;1-2H3. The van der Waals surface area contributed by atoms with Crippen LogP contribution in [0.25, 0.3) is 0 Å². The van der Waals surface area contributed by atoms with Gasteiger partial charge in [0, 0.05) is 0 Å². The van der Waals surface area contributed by atoms with Crippen LogP contribution in [0.15, 0.2) is 18.2 Å². The summed E-state index contributed by atoms with van der Waals surface area (Å²) >= 11 is 0. The lowest BCUT2D eigenvalue weighted by atomic mass is 9.78. The van der Waals surface area contributed by atoms with Crippen molar-refractivity contribution in [3.63, 3.8) is 0 Å². The summed E-state index contributed by atoms with van der Waals surface area (Å²) in [5.74, 6) is 0.596. The van der Waals surface area contributed by atoms with Gasteiger partial charge in [0.05, 0.1) is 0 Å². The molecule has 0 nitrogen and oxygen atoms in total. The highest BCUT2D eigenvalue weighted by Gasteiger charge is 2.20. The van der Waals surface area contributed by atoms with E-state index in [9.17, 15) is 0 Å². The molecule has 0 unspecified atom stereocenters. The molecule has 0 radical (unpaired) electrons. The van der Waals surface area contributed by atoms with Gasteiger partial charge in [0.25, 0.3) is 0 Å². The highest BCUT2D eigenvalue weighted by molar-refractivity contribution is 5.38. The monoisotopic (exact) mass is 262 g/mol. The number of hydrogen-bond acceptors (Lipinski definition) is 0. The van der Waals surface area contributed by atoms with Gasteiger partial charge in [-0.05, 0) is 33.4 Å². The van der Waals surface area contributed by atoms with Gasteiger partial charge in [-0.3, -0.25) is 0 Å². The van der Waals surface area contributed by atoms with Crippen molar-refractivity contribution >= 4 is 0 Å². The molecule has 110 valence electrons. The molecule has 1 rings (SSSR count). The molecule has 0 N–H and O–H groups in total. The molecule has 0 saturated carbocycles. The summed E-state index contributed by atoms with van der Waals surface area (Å²) in [6, 6.07) is 7.13. The third-order valence-corrected chi connectivity index (χ3v) is 3.35. The van der Waals surface area contributed by atoms with E-state index in [2.05, 4.69) is 73.6 Å². The van der Waals surface area contributed by atoms with Crippen LogP contribution in [-0.2, 0) is 10.8 Å². The molecule has 0 aliphatic carbocycles. The molecule has 0 atom stereocenters.